The lowest BCUT2D eigenvalue weighted by atomic mass is 10.0. The van der Waals surface area contributed by atoms with Crippen LogP contribution in [-0.2, 0) is 12.7 Å². The van der Waals surface area contributed by atoms with Gasteiger partial charge in [-0.05, 0) is 36.4 Å². The minimum absolute atomic E-state index is 0.0198. The Kier molecular flexibility index (Phi) is 8.56. The quantitative estimate of drug-likeness (QED) is 0.329. The number of rotatable bonds is 6. The number of alkyl halides is 3. The van der Waals surface area contributed by atoms with Gasteiger partial charge in [-0.3, -0.25) is 10.2 Å². The van der Waals surface area contributed by atoms with Crippen LogP contribution in [0.5, 0.6) is 5.88 Å². The van der Waals surface area contributed by atoms with Crippen molar-refractivity contribution in [1.29, 1.82) is 0 Å². The zero-order valence-corrected chi connectivity index (χ0v) is 23.1. The Bertz CT molecular complexity index is 1640. The first-order chi connectivity index (χ1) is 20.2. The summed E-state index contributed by atoms with van der Waals surface area (Å²) in [5.41, 5.74) is 1.07. The number of pyridine rings is 1. The maximum absolute atomic E-state index is 13.9. The first-order valence-electron chi connectivity index (χ1n) is 13.3. The van der Waals surface area contributed by atoms with Gasteiger partial charge in [0.1, 0.15) is 5.82 Å². The molecule has 42 heavy (non-hydrogen) atoms. The zero-order valence-electron chi connectivity index (χ0n) is 23.1. The van der Waals surface area contributed by atoms with Gasteiger partial charge in [-0.15, -0.1) is 0 Å². The van der Waals surface area contributed by atoms with Crippen molar-refractivity contribution in [2.24, 2.45) is 0 Å². The summed E-state index contributed by atoms with van der Waals surface area (Å²) in [4.78, 5) is 25.4. The van der Waals surface area contributed by atoms with Crippen molar-refractivity contribution in [3.8, 4) is 17.7 Å². The average Bonchev–Trinajstić information content (AvgIpc) is 3.39. The highest BCUT2D eigenvalue weighted by molar-refractivity contribution is 5.99. The predicted octanol–water partition coefficient (Wildman–Crippen LogP) is 4.33. The number of carbonyl (C=O) groups is 1. The normalized spacial score (nSPS) is 14.3. The van der Waals surface area contributed by atoms with Gasteiger partial charge in [-0.2, -0.15) is 23.3 Å². The number of piperazine rings is 1. The fraction of sp³-hybridized carbons (Fsp3) is 0.310. The summed E-state index contributed by atoms with van der Waals surface area (Å²) < 4.78 is 48.5. The molecule has 1 aliphatic heterocycles. The molecule has 13 heteroatoms. The molecule has 218 valence electrons. The zero-order chi connectivity index (χ0) is 29.7. The number of amides is 2. The van der Waals surface area contributed by atoms with Gasteiger partial charge in [0, 0.05) is 62.4 Å². The standard InChI is InChI=1S/C29H29F3N8O2/c1-3-38-12-14-39(15-13-38)19-22-6-7-23(17-24(22)29(30,31)32)35-28(41)36-25-16-20(8-10-33-25)4-5-21-18-34-40-11-9-26(42-2)37-27(21)40/h6-11,16-18H,3,12-15,19H2,1-2H3,(H2,33,35,36,41). The highest BCUT2D eigenvalue weighted by Gasteiger charge is 2.34. The number of urea groups is 1. The van der Waals surface area contributed by atoms with Crippen molar-refractivity contribution in [2.75, 3.05) is 50.5 Å². The largest absolute Gasteiger partial charge is 0.481 e. The topological polar surface area (TPSA) is 99.9 Å². The molecule has 5 rings (SSSR count). The van der Waals surface area contributed by atoms with E-state index in [9.17, 15) is 18.0 Å². The number of hydrogen-bond donors (Lipinski definition) is 2. The number of halogens is 3. The summed E-state index contributed by atoms with van der Waals surface area (Å²) in [5, 5.41) is 9.23. The maximum atomic E-state index is 13.9. The SMILES string of the molecule is CCN1CCN(Cc2ccc(NC(=O)Nc3cc(C#Cc4cnn5ccc(OC)nc45)ccn3)cc2C(F)(F)F)CC1. The van der Waals surface area contributed by atoms with E-state index >= 15 is 0 Å². The number of methoxy groups -OCH3 is 1. The van der Waals surface area contributed by atoms with Gasteiger partial charge >= 0.3 is 12.2 Å². The van der Waals surface area contributed by atoms with Crippen molar-refractivity contribution >= 4 is 23.2 Å². The van der Waals surface area contributed by atoms with E-state index in [4.69, 9.17) is 4.74 Å². The van der Waals surface area contributed by atoms with Crippen LogP contribution in [0, 0.1) is 11.8 Å². The van der Waals surface area contributed by atoms with Gasteiger partial charge in [-0.25, -0.2) is 14.3 Å². The van der Waals surface area contributed by atoms with E-state index in [1.54, 1.807) is 35.1 Å². The molecule has 1 fully saturated rings. The third-order valence-corrected chi connectivity index (χ3v) is 6.87. The summed E-state index contributed by atoms with van der Waals surface area (Å²) in [6.45, 7) is 6.24. The molecule has 0 bridgehead atoms. The molecule has 1 aliphatic rings. The van der Waals surface area contributed by atoms with Gasteiger partial charge in [0.25, 0.3) is 0 Å². The van der Waals surface area contributed by atoms with Crippen molar-refractivity contribution in [1.82, 2.24) is 29.4 Å². The second kappa shape index (κ2) is 12.5. The van der Waals surface area contributed by atoms with Crippen LogP contribution in [0.1, 0.15) is 29.2 Å². The summed E-state index contributed by atoms with van der Waals surface area (Å²) in [6.07, 6.45) is 0.188. The second-order valence-electron chi connectivity index (χ2n) is 9.64. The Labute approximate surface area is 240 Å². The van der Waals surface area contributed by atoms with E-state index in [0.717, 1.165) is 25.7 Å². The van der Waals surface area contributed by atoms with Crippen LogP contribution in [0.15, 0.2) is 55.0 Å². The van der Waals surface area contributed by atoms with E-state index in [0.29, 0.717) is 35.7 Å². The number of fused-ring (bicyclic) bond motifs is 1. The molecule has 4 aromatic rings. The molecule has 0 atom stereocenters. The number of ether oxygens (including phenoxy) is 1. The molecule has 3 aromatic heterocycles. The molecule has 0 unspecified atom stereocenters. The molecule has 4 heterocycles. The summed E-state index contributed by atoms with van der Waals surface area (Å²) in [7, 11) is 1.52. The molecule has 10 nitrogen and oxygen atoms in total. The van der Waals surface area contributed by atoms with Crippen molar-refractivity contribution < 1.29 is 22.7 Å². The molecular formula is C29H29F3N8O2. The summed E-state index contributed by atoms with van der Waals surface area (Å²) >= 11 is 0. The molecule has 2 N–H and O–H groups in total. The number of aromatic nitrogens is 4. The average molecular weight is 579 g/mol. The van der Waals surface area contributed by atoms with Crippen molar-refractivity contribution in [3.63, 3.8) is 0 Å². The first-order valence-corrected chi connectivity index (χ1v) is 13.3. The molecule has 0 spiro atoms. The van der Waals surface area contributed by atoms with Crippen LogP contribution in [0.3, 0.4) is 0 Å². The van der Waals surface area contributed by atoms with Crippen LogP contribution in [0.2, 0.25) is 0 Å². The number of likely N-dealkylation sites (N-methyl/N-ethyl adjacent to an activating group) is 1. The monoisotopic (exact) mass is 578 g/mol. The minimum atomic E-state index is -4.56. The third-order valence-electron chi connectivity index (χ3n) is 6.87. The van der Waals surface area contributed by atoms with Crippen molar-refractivity contribution in [3.05, 3.63) is 77.2 Å². The number of anilines is 2. The smallest absolute Gasteiger partial charge is 0.416 e. The Morgan fingerprint density at radius 1 is 1.05 bits per heavy atom. The Balaban J connectivity index is 1.25. The predicted molar refractivity (Wildman–Crippen MR) is 151 cm³/mol. The van der Waals surface area contributed by atoms with Gasteiger partial charge in [-0.1, -0.05) is 24.8 Å². The van der Waals surface area contributed by atoms with Crippen molar-refractivity contribution in [2.45, 2.75) is 19.6 Å². The van der Waals surface area contributed by atoms with Gasteiger partial charge in [0.2, 0.25) is 5.88 Å². The minimum Gasteiger partial charge on any atom is -0.481 e. The van der Waals surface area contributed by atoms with Crippen LogP contribution in [0.25, 0.3) is 5.65 Å². The van der Waals surface area contributed by atoms with Crippen LogP contribution in [0.4, 0.5) is 29.5 Å². The van der Waals surface area contributed by atoms with Crippen LogP contribution >= 0.6 is 0 Å². The highest BCUT2D eigenvalue weighted by Crippen LogP contribution is 2.34. The fourth-order valence-electron chi connectivity index (χ4n) is 4.61. The summed E-state index contributed by atoms with van der Waals surface area (Å²) in [5.74, 6) is 6.58. The number of hydrogen-bond acceptors (Lipinski definition) is 7. The molecule has 0 radical (unpaired) electrons. The Hall–Kier alpha value is -4.67. The fourth-order valence-corrected chi connectivity index (χ4v) is 4.61. The molecule has 0 saturated carbocycles. The Morgan fingerprint density at radius 3 is 2.57 bits per heavy atom. The molecule has 1 saturated heterocycles. The number of nitrogens with zero attached hydrogens (tertiary/aromatic N) is 6. The maximum Gasteiger partial charge on any atom is 0.416 e. The third kappa shape index (κ3) is 6.96. The second-order valence-corrected chi connectivity index (χ2v) is 9.64. The first kappa shape index (κ1) is 28.8. The van der Waals surface area contributed by atoms with E-state index in [-0.39, 0.29) is 23.6 Å². The van der Waals surface area contributed by atoms with E-state index < -0.39 is 17.8 Å². The molecule has 0 aliphatic carbocycles. The lowest BCUT2D eigenvalue weighted by Gasteiger charge is -2.34. The lowest BCUT2D eigenvalue weighted by molar-refractivity contribution is -0.138. The van der Waals surface area contributed by atoms with Crippen LogP contribution in [-0.4, -0.2) is 75.2 Å². The summed E-state index contributed by atoms with van der Waals surface area (Å²) in [6, 6.07) is 8.01. The molecular weight excluding hydrogens is 549 g/mol. The van der Waals surface area contributed by atoms with Crippen LogP contribution < -0.4 is 15.4 Å². The van der Waals surface area contributed by atoms with E-state index in [1.807, 2.05) is 4.90 Å². The molecule has 1 aromatic carbocycles. The van der Waals surface area contributed by atoms with Gasteiger partial charge in [0.15, 0.2) is 5.65 Å². The number of carbonyl (C=O) groups excluding carboxylic acids is 1. The highest BCUT2D eigenvalue weighted by atomic mass is 19.4. The molecule has 2 amide bonds. The lowest BCUT2D eigenvalue weighted by Crippen LogP contribution is -2.45. The number of benzene rings is 1. The van der Waals surface area contributed by atoms with Gasteiger partial charge in [0.05, 0.1) is 24.4 Å². The van der Waals surface area contributed by atoms with E-state index in [1.165, 1.54) is 25.4 Å². The van der Waals surface area contributed by atoms with E-state index in [2.05, 4.69) is 49.4 Å². The number of nitrogens with one attached hydrogen (secondary N) is 2. The Morgan fingerprint density at radius 2 is 1.83 bits per heavy atom. The van der Waals surface area contributed by atoms with Gasteiger partial charge < -0.3 is 15.0 Å².